The van der Waals surface area contributed by atoms with E-state index in [1.165, 1.54) is 12.1 Å². The lowest BCUT2D eigenvalue weighted by Gasteiger charge is -2.23. The van der Waals surface area contributed by atoms with E-state index < -0.39 is 20.2 Å². The van der Waals surface area contributed by atoms with Crippen LogP contribution in [-0.4, -0.2) is 48.5 Å². The van der Waals surface area contributed by atoms with Crippen LogP contribution in [0.25, 0.3) is 10.8 Å². The minimum atomic E-state index is -4.34. The number of hydrogen-bond acceptors (Lipinski definition) is 4. The van der Waals surface area contributed by atoms with Gasteiger partial charge < -0.3 is 0 Å². The summed E-state index contributed by atoms with van der Waals surface area (Å²) in [7, 11) is -8.39. The summed E-state index contributed by atoms with van der Waals surface area (Å²) >= 11 is 0. The number of unbranched alkanes of at least 4 members (excludes halogenated alkanes) is 2. The van der Waals surface area contributed by atoms with Crippen molar-refractivity contribution in [1.82, 2.24) is 0 Å². The van der Waals surface area contributed by atoms with Gasteiger partial charge in [0.25, 0.3) is 20.2 Å². The van der Waals surface area contributed by atoms with Crippen LogP contribution in [0, 0.1) is 0 Å². The fourth-order valence-corrected chi connectivity index (χ4v) is 5.64. The molecule has 0 aromatic heterocycles. The van der Waals surface area contributed by atoms with Gasteiger partial charge >= 0.3 is 0 Å². The highest BCUT2D eigenvalue weighted by Gasteiger charge is 2.47. The third-order valence-corrected chi connectivity index (χ3v) is 8.03. The summed E-state index contributed by atoms with van der Waals surface area (Å²) in [6.45, 7) is 6.72. The lowest BCUT2D eigenvalue weighted by atomic mass is 9.74. The van der Waals surface area contributed by atoms with E-state index in [4.69, 9.17) is 4.55 Å². The van der Waals surface area contributed by atoms with Gasteiger partial charge in [0, 0.05) is 25.0 Å². The SMILES string of the molecule is CCCCCC1(C)C(C)=[N+](CCCS(=O)(=O)O)c2ccc3ccc(S(=O)(=O)O)cc3c21. The average Bonchev–Trinajstić information content (AvgIpc) is 2.88. The molecule has 1 atom stereocenters. The van der Waals surface area contributed by atoms with Crippen molar-refractivity contribution in [1.29, 1.82) is 0 Å². The second kappa shape index (κ2) is 8.61. The molecule has 2 aromatic rings. The summed E-state index contributed by atoms with van der Waals surface area (Å²) in [5.74, 6) is -0.320. The molecule has 0 saturated carbocycles. The van der Waals surface area contributed by atoms with Gasteiger partial charge in [-0.25, -0.2) is 0 Å². The Kier molecular flexibility index (Phi) is 6.63. The van der Waals surface area contributed by atoms with E-state index in [-0.39, 0.29) is 22.5 Å². The van der Waals surface area contributed by atoms with E-state index in [1.54, 1.807) is 6.07 Å². The summed E-state index contributed by atoms with van der Waals surface area (Å²) < 4.78 is 66.7. The highest BCUT2D eigenvalue weighted by molar-refractivity contribution is 7.86. The van der Waals surface area contributed by atoms with E-state index in [0.717, 1.165) is 53.4 Å². The van der Waals surface area contributed by atoms with Crippen LogP contribution in [0.5, 0.6) is 0 Å². The molecule has 9 heteroatoms. The maximum Gasteiger partial charge on any atom is 0.294 e. The van der Waals surface area contributed by atoms with Crippen LogP contribution in [0.2, 0.25) is 0 Å². The van der Waals surface area contributed by atoms with Gasteiger partial charge in [-0.05, 0) is 42.3 Å². The largest absolute Gasteiger partial charge is 0.294 e. The molecule has 0 saturated heterocycles. The Morgan fingerprint density at radius 1 is 1.00 bits per heavy atom. The van der Waals surface area contributed by atoms with Crippen LogP contribution in [-0.2, 0) is 25.7 Å². The molecule has 1 heterocycles. The Hall–Kier alpha value is -1.81. The Labute approximate surface area is 184 Å². The zero-order chi connectivity index (χ0) is 23.0. The molecule has 0 fully saturated rings. The third-order valence-electron chi connectivity index (χ3n) is 6.38. The Morgan fingerprint density at radius 3 is 2.29 bits per heavy atom. The topological polar surface area (TPSA) is 112 Å². The van der Waals surface area contributed by atoms with Gasteiger partial charge in [-0.1, -0.05) is 32.3 Å². The zero-order valence-corrected chi connectivity index (χ0v) is 19.8. The van der Waals surface area contributed by atoms with Gasteiger partial charge in [0.15, 0.2) is 5.71 Å². The van der Waals surface area contributed by atoms with Crippen molar-refractivity contribution < 1.29 is 30.5 Å². The Bertz CT molecular complexity index is 1250. The molecule has 2 aromatic carbocycles. The van der Waals surface area contributed by atoms with Gasteiger partial charge in [-0.2, -0.15) is 21.4 Å². The fraction of sp³-hybridized carbons (Fsp3) is 0.500. The second-order valence-electron chi connectivity index (χ2n) is 8.48. The predicted molar refractivity (Wildman–Crippen MR) is 122 cm³/mol. The smallest absolute Gasteiger partial charge is 0.286 e. The normalized spacial score (nSPS) is 19.3. The molecule has 1 aliphatic rings. The van der Waals surface area contributed by atoms with Crippen molar-refractivity contribution in [2.24, 2.45) is 0 Å². The molecule has 3 rings (SSSR count). The molecule has 7 nitrogen and oxygen atoms in total. The summed E-state index contributed by atoms with van der Waals surface area (Å²) in [5.41, 5.74) is 2.61. The van der Waals surface area contributed by atoms with E-state index in [2.05, 4.69) is 18.4 Å². The molecular weight excluding hydrogens is 438 g/mol. The first-order valence-electron chi connectivity index (χ1n) is 10.5. The summed E-state index contributed by atoms with van der Waals surface area (Å²) in [6.07, 6.45) is 4.27. The summed E-state index contributed by atoms with van der Waals surface area (Å²) in [6, 6.07) is 8.50. The third kappa shape index (κ3) is 4.84. The van der Waals surface area contributed by atoms with Gasteiger partial charge in [0.1, 0.15) is 6.54 Å². The van der Waals surface area contributed by atoms with E-state index >= 15 is 0 Å². The zero-order valence-electron chi connectivity index (χ0n) is 18.1. The Balaban J connectivity index is 2.18. The predicted octanol–water partition coefficient (Wildman–Crippen LogP) is 4.32. The van der Waals surface area contributed by atoms with Gasteiger partial charge in [-0.3, -0.25) is 9.11 Å². The van der Waals surface area contributed by atoms with Gasteiger partial charge in [0.05, 0.1) is 16.1 Å². The maximum atomic E-state index is 11.8. The minimum absolute atomic E-state index is 0.146. The molecule has 170 valence electrons. The first-order chi connectivity index (χ1) is 14.4. The second-order valence-corrected chi connectivity index (χ2v) is 11.5. The van der Waals surface area contributed by atoms with Gasteiger partial charge in [0.2, 0.25) is 5.69 Å². The number of rotatable bonds is 9. The molecule has 0 radical (unpaired) electrons. The van der Waals surface area contributed by atoms with Crippen molar-refractivity contribution in [2.45, 2.75) is 63.2 Å². The number of hydrogen-bond donors (Lipinski definition) is 2. The molecule has 31 heavy (non-hydrogen) atoms. The maximum absolute atomic E-state index is 11.8. The molecule has 0 amide bonds. The van der Waals surface area contributed by atoms with E-state index in [9.17, 15) is 21.4 Å². The van der Waals surface area contributed by atoms with Crippen molar-refractivity contribution >= 4 is 42.4 Å². The van der Waals surface area contributed by atoms with Crippen molar-refractivity contribution in [3.8, 4) is 0 Å². The molecular formula is C22H30NO6S2+. The summed E-state index contributed by atoms with van der Waals surface area (Å²) in [5, 5.41) is 1.64. The van der Waals surface area contributed by atoms with Crippen LogP contribution in [0.1, 0.15) is 58.4 Å². The number of fused-ring (bicyclic) bond motifs is 3. The van der Waals surface area contributed by atoms with Crippen LogP contribution >= 0.6 is 0 Å². The molecule has 1 aliphatic heterocycles. The van der Waals surface area contributed by atoms with Crippen molar-refractivity contribution in [3.63, 3.8) is 0 Å². The van der Waals surface area contributed by atoms with Crippen molar-refractivity contribution in [3.05, 3.63) is 35.9 Å². The molecule has 2 N–H and O–H groups in total. The van der Waals surface area contributed by atoms with Crippen LogP contribution in [0.4, 0.5) is 5.69 Å². The van der Waals surface area contributed by atoms with Gasteiger partial charge in [-0.15, -0.1) is 0 Å². The molecule has 0 aliphatic carbocycles. The lowest BCUT2D eigenvalue weighted by Crippen LogP contribution is -2.31. The highest BCUT2D eigenvalue weighted by atomic mass is 32.2. The monoisotopic (exact) mass is 468 g/mol. The number of nitrogens with zero attached hydrogens (tertiary/aromatic N) is 1. The number of benzene rings is 2. The van der Waals surface area contributed by atoms with Crippen LogP contribution < -0.4 is 0 Å². The first kappa shape index (κ1) is 23.8. The first-order valence-corrected chi connectivity index (χ1v) is 13.5. The summed E-state index contributed by atoms with van der Waals surface area (Å²) in [4.78, 5) is -0.146. The van der Waals surface area contributed by atoms with E-state index in [0.29, 0.717) is 6.54 Å². The average molecular weight is 469 g/mol. The molecule has 1 unspecified atom stereocenters. The molecule has 0 spiro atoms. The van der Waals surface area contributed by atoms with E-state index in [1.807, 2.05) is 19.1 Å². The fourth-order valence-electron chi connectivity index (χ4n) is 4.64. The van der Waals surface area contributed by atoms with Crippen LogP contribution in [0.3, 0.4) is 0 Å². The highest BCUT2D eigenvalue weighted by Crippen LogP contribution is 2.47. The Morgan fingerprint density at radius 2 is 1.68 bits per heavy atom. The standard InChI is InChI=1S/C22H29NO6S2/c1-4-5-6-12-22(3)16(2)23(13-7-14-30(24,25)26)20-11-9-17-8-10-18(31(27,28)29)15-19(17)21(20)22/h8-11,15H,4-7,12-14H2,1-3H3,(H-,24,25,26,27,28,29)/p+1. The minimum Gasteiger partial charge on any atom is -0.286 e. The van der Waals surface area contributed by atoms with Crippen LogP contribution in [0.15, 0.2) is 35.2 Å². The van der Waals surface area contributed by atoms with Crippen molar-refractivity contribution in [2.75, 3.05) is 12.3 Å². The lowest BCUT2D eigenvalue weighted by molar-refractivity contribution is -0.438. The quantitative estimate of drug-likeness (QED) is 0.322. The molecule has 0 bridgehead atoms.